The molecule has 4 rings (SSSR count). The maximum absolute atomic E-state index is 12.2. The summed E-state index contributed by atoms with van der Waals surface area (Å²) in [5.41, 5.74) is 4.17. The predicted molar refractivity (Wildman–Crippen MR) is 130 cm³/mol. The Morgan fingerprint density at radius 1 is 1.16 bits per heavy atom. The van der Waals surface area contributed by atoms with Crippen LogP contribution in [0.4, 0.5) is 5.69 Å². The summed E-state index contributed by atoms with van der Waals surface area (Å²) in [6.45, 7) is 4.40. The van der Waals surface area contributed by atoms with Gasteiger partial charge in [-0.05, 0) is 56.0 Å². The van der Waals surface area contributed by atoms with Gasteiger partial charge in [-0.1, -0.05) is 30.7 Å². The van der Waals surface area contributed by atoms with E-state index in [0.717, 1.165) is 67.3 Å². The minimum Gasteiger partial charge on any atom is -0.356 e. The molecular formula is C25H32N6O. The van der Waals surface area contributed by atoms with Crippen LogP contribution >= 0.6 is 0 Å². The number of guanidine groups is 1. The summed E-state index contributed by atoms with van der Waals surface area (Å²) in [5, 5.41) is 9.77. The SMILES string of the molecule is CN=C(NCCCn1c(C)nc2ccccc21)NCc1cccc(NC(=O)C2CCC2)c1. The monoisotopic (exact) mass is 432 g/mol. The van der Waals surface area contributed by atoms with E-state index in [1.54, 1.807) is 7.05 Å². The van der Waals surface area contributed by atoms with Gasteiger partial charge in [0, 0.05) is 38.3 Å². The number of anilines is 1. The summed E-state index contributed by atoms with van der Waals surface area (Å²) in [6, 6.07) is 16.2. The molecule has 0 radical (unpaired) electrons. The van der Waals surface area contributed by atoms with E-state index in [9.17, 15) is 4.79 Å². The van der Waals surface area contributed by atoms with Crippen molar-refractivity contribution in [1.29, 1.82) is 0 Å². The Kier molecular flexibility index (Phi) is 7.04. The molecule has 1 saturated carbocycles. The molecule has 1 heterocycles. The largest absolute Gasteiger partial charge is 0.356 e. The molecule has 1 fully saturated rings. The minimum absolute atomic E-state index is 0.139. The van der Waals surface area contributed by atoms with Crippen LogP contribution in [0.2, 0.25) is 0 Å². The standard InChI is InChI=1S/C25H32N6O/c1-18-29-22-12-3-4-13-23(22)31(18)15-7-14-27-25(26-2)28-17-19-8-5-11-21(16-19)30-24(32)20-9-6-10-20/h3-5,8,11-13,16,20H,6-7,9-10,14-15,17H2,1-2H3,(H,30,32)(H2,26,27,28). The Labute approximate surface area is 189 Å². The molecule has 3 aromatic rings. The zero-order valence-corrected chi connectivity index (χ0v) is 18.9. The van der Waals surface area contributed by atoms with Gasteiger partial charge in [0.05, 0.1) is 11.0 Å². The van der Waals surface area contributed by atoms with Crippen molar-refractivity contribution in [2.75, 3.05) is 18.9 Å². The first-order valence-corrected chi connectivity index (χ1v) is 11.4. The fourth-order valence-electron chi connectivity index (χ4n) is 4.00. The molecule has 0 spiro atoms. The summed E-state index contributed by atoms with van der Waals surface area (Å²) in [5.74, 6) is 2.13. The average molecular weight is 433 g/mol. The maximum atomic E-state index is 12.2. The van der Waals surface area contributed by atoms with Crippen molar-refractivity contribution in [2.24, 2.45) is 10.9 Å². The Bertz CT molecular complexity index is 1100. The summed E-state index contributed by atoms with van der Waals surface area (Å²) < 4.78 is 2.26. The molecule has 7 heteroatoms. The van der Waals surface area contributed by atoms with E-state index >= 15 is 0 Å². The van der Waals surface area contributed by atoms with Crippen molar-refractivity contribution in [3.63, 3.8) is 0 Å². The maximum Gasteiger partial charge on any atom is 0.227 e. The lowest BCUT2D eigenvalue weighted by molar-refractivity contribution is -0.122. The van der Waals surface area contributed by atoms with Gasteiger partial charge in [0.1, 0.15) is 5.82 Å². The lowest BCUT2D eigenvalue weighted by Crippen LogP contribution is -2.37. The number of benzene rings is 2. The number of imidazole rings is 1. The molecule has 1 amide bonds. The van der Waals surface area contributed by atoms with Crippen LogP contribution in [0, 0.1) is 12.8 Å². The van der Waals surface area contributed by atoms with Crippen LogP contribution in [0.3, 0.4) is 0 Å². The van der Waals surface area contributed by atoms with Crippen molar-refractivity contribution in [3.05, 3.63) is 59.9 Å². The van der Waals surface area contributed by atoms with E-state index < -0.39 is 0 Å². The topological polar surface area (TPSA) is 83.3 Å². The van der Waals surface area contributed by atoms with E-state index in [4.69, 9.17) is 0 Å². The van der Waals surface area contributed by atoms with Crippen LogP contribution in [-0.4, -0.2) is 35.0 Å². The molecule has 0 saturated heterocycles. The summed E-state index contributed by atoms with van der Waals surface area (Å²) in [6.07, 6.45) is 4.13. The van der Waals surface area contributed by atoms with Crippen molar-refractivity contribution < 1.29 is 4.79 Å². The first-order valence-electron chi connectivity index (χ1n) is 11.4. The van der Waals surface area contributed by atoms with Crippen molar-refractivity contribution in [2.45, 2.75) is 45.7 Å². The van der Waals surface area contributed by atoms with Crippen LogP contribution in [-0.2, 0) is 17.9 Å². The zero-order chi connectivity index (χ0) is 22.3. The molecule has 168 valence electrons. The molecule has 7 nitrogen and oxygen atoms in total. The van der Waals surface area contributed by atoms with E-state index in [1.165, 1.54) is 5.52 Å². The first-order chi connectivity index (χ1) is 15.6. The summed E-state index contributed by atoms with van der Waals surface area (Å²) in [4.78, 5) is 21.1. The van der Waals surface area contributed by atoms with E-state index in [-0.39, 0.29) is 11.8 Å². The molecule has 32 heavy (non-hydrogen) atoms. The number of carbonyl (C=O) groups excluding carboxylic acids is 1. The second-order valence-electron chi connectivity index (χ2n) is 8.32. The fraction of sp³-hybridized carbons (Fsp3) is 0.400. The van der Waals surface area contributed by atoms with Gasteiger partial charge in [0.25, 0.3) is 0 Å². The third-order valence-corrected chi connectivity index (χ3v) is 6.05. The Hall–Kier alpha value is -3.35. The number of para-hydroxylation sites is 2. The highest BCUT2D eigenvalue weighted by molar-refractivity contribution is 5.93. The zero-order valence-electron chi connectivity index (χ0n) is 18.9. The molecule has 1 aromatic heterocycles. The molecule has 2 aromatic carbocycles. The number of hydrogen-bond acceptors (Lipinski definition) is 3. The highest BCUT2D eigenvalue weighted by atomic mass is 16.1. The van der Waals surface area contributed by atoms with Gasteiger partial charge in [0.2, 0.25) is 5.91 Å². The smallest absolute Gasteiger partial charge is 0.227 e. The number of aryl methyl sites for hydroxylation is 2. The normalized spacial score (nSPS) is 14.2. The number of nitrogens with one attached hydrogen (secondary N) is 3. The van der Waals surface area contributed by atoms with Gasteiger partial charge in [-0.15, -0.1) is 0 Å². The van der Waals surface area contributed by atoms with Crippen molar-refractivity contribution in [1.82, 2.24) is 20.2 Å². The van der Waals surface area contributed by atoms with Gasteiger partial charge in [0.15, 0.2) is 5.96 Å². The molecular weight excluding hydrogens is 400 g/mol. The number of carbonyl (C=O) groups is 1. The number of aliphatic imine (C=N–C) groups is 1. The van der Waals surface area contributed by atoms with Crippen LogP contribution in [0.25, 0.3) is 11.0 Å². The molecule has 1 aliphatic rings. The molecule has 0 bridgehead atoms. The number of hydrogen-bond donors (Lipinski definition) is 3. The van der Waals surface area contributed by atoms with E-state index in [2.05, 4.69) is 55.6 Å². The average Bonchev–Trinajstić information content (AvgIpc) is 3.07. The summed E-state index contributed by atoms with van der Waals surface area (Å²) >= 11 is 0. The van der Waals surface area contributed by atoms with Gasteiger partial charge < -0.3 is 20.5 Å². The molecule has 0 aliphatic heterocycles. The van der Waals surface area contributed by atoms with Crippen LogP contribution < -0.4 is 16.0 Å². The third kappa shape index (κ3) is 5.28. The molecule has 0 unspecified atom stereocenters. The Balaban J connectivity index is 1.23. The van der Waals surface area contributed by atoms with Gasteiger partial charge in [-0.2, -0.15) is 0 Å². The van der Waals surface area contributed by atoms with Gasteiger partial charge in [-0.3, -0.25) is 9.79 Å². The summed E-state index contributed by atoms with van der Waals surface area (Å²) in [7, 11) is 1.78. The fourth-order valence-corrected chi connectivity index (χ4v) is 4.00. The third-order valence-electron chi connectivity index (χ3n) is 6.05. The number of amides is 1. The first kappa shape index (κ1) is 21.9. The molecule has 3 N–H and O–H groups in total. The number of rotatable bonds is 8. The Morgan fingerprint density at radius 2 is 2.00 bits per heavy atom. The van der Waals surface area contributed by atoms with Crippen molar-refractivity contribution in [3.8, 4) is 0 Å². The van der Waals surface area contributed by atoms with Crippen LogP contribution in [0.15, 0.2) is 53.5 Å². The highest BCUT2D eigenvalue weighted by Gasteiger charge is 2.25. The minimum atomic E-state index is 0.139. The van der Waals surface area contributed by atoms with Crippen LogP contribution in [0.1, 0.15) is 37.1 Å². The van der Waals surface area contributed by atoms with Gasteiger partial charge >= 0.3 is 0 Å². The molecule has 1 aliphatic carbocycles. The predicted octanol–water partition coefficient (Wildman–Crippen LogP) is 3.84. The second-order valence-corrected chi connectivity index (χ2v) is 8.32. The number of aromatic nitrogens is 2. The van der Waals surface area contributed by atoms with E-state index in [0.29, 0.717) is 6.54 Å². The van der Waals surface area contributed by atoms with Gasteiger partial charge in [-0.25, -0.2) is 4.98 Å². The van der Waals surface area contributed by atoms with Crippen molar-refractivity contribution >= 4 is 28.6 Å². The quantitative estimate of drug-likeness (QED) is 0.287. The lowest BCUT2D eigenvalue weighted by Gasteiger charge is -2.24. The highest BCUT2D eigenvalue weighted by Crippen LogP contribution is 2.27. The second kappa shape index (κ2) is 10.3. The Morgan fingerprint density at radius 3 is 2.78 bits per heavy atom. The number of fused-ring (bicyclic) bond motifs is 1. The number of nitrogens with zero attached hydrogens (tertiary/aromatic N) is 3. The van der Waals surface area contributed by atoms with E-state index in [1.807, 2.05) is 30.3 Å². The lowest BCUT2D eigenvalue weighted by atomic mass is 9.85. The molecule has 0 atom stereocenters. The van der Waals surface area contributed by atoms with Crippen LogP contribution in [0.5, 0.6) is 0 Å².